The van der Waals surface area contributed by atoms with Gasteiger partial charge in [-0.25, -0.2) is 14.6 Å². The molecule has 0 unspecified atom stereocenters. The SMILES string of the molecule is N#Cc1ccc(C(=O)N/N=C\c2ccc(OCC(=O)O)c(Br)c2)c(F)c1. The van der Waals surface area contributed by atoms with Crippen molar-refractivity contribution in [3.8, 4) is 11.8 Å². The molecule has 0 aliphatic heterocycles. The number of rotatable bonds is 6. The quantitative estimate of drug-likeness (QED) is 0.552. The van der Waals surface area contributed by atoms with E-state index >= 15 is 0 Å². The molecule has 2 aromatic rings. The third-order valence-corrected chi connectivity index (χ3v) is 3.65. The number of carbonyl (C=O) groups is 2. The lowest BCUT2D eigenvalue weighted by molar-refractivity contribution is -0.139. The number of carbonyl (C=O) groups excluding carboxylic acids is 1. The van der Waals surface area contributed by atoms with Crippen molar-refractivity contribution in [1.29, 1.82) is 5.26 Å². The van der Waals surface area contributed by atoms with Crippen molar-refractivity contribution in [2.75, 3.05) is 6.61 Å². The molecule has 2 N–H and O–H groups in total. The summed E-state index contributed by atoms with van der Waals surface area (Å²) < 4.78 is 19.3. The number of nitriles is 1. The van der Waals surface area contributed by atoms with Crippen molar-refractivity contribution in [1.82, 2.24) is 5.43 Å². The van der Waals surface area contributed by atoms with E-state index in [1.54, 1.807) is 18.2 Å². The van der Waals surface area contributed by atoms with Crippen LogP contribution in [0.2, 0.25) is 0 Å². The van der Waals surface area contributed by atoms with E-state index in [0.717, 1.165) is 6.07 Å². The number of carboxylic acid groups (broad SMARTS) is 1. The van der Waals surface area contributed by atoms with Crippen LogP contribution in [0.3, 0.4) is 0 Å². The third kappa shape index (κ3) is 5.12. The Morgan fingerprint density at radius 1 is 1.35 bits per heavy atom. The molecule has 26 heavy (non-hydrogen) atoms. The van der Waals surface area contributed by atoms with E-state index in [1.165, 1.54) is 24.4 Å². The summed E-state index contributed by atoms with van der Waals surface area (Å²) in [5.41, 5.74) is 2.64. The minimum absolute atomic E-state index is 0.109. The predicted molar refractivity (Wildman–Crippen MR) is 93.4 cm³/mol. The number of carboxylic acids is 1. The first-order valence-corrected chi connectivity index (χ1v) is 7.87. The maximum absolute atomic E-state index is 13.7. The van der Waals surface area contributed by atoms with Crippen molar-refractivity contribution in [3.63, 3.8) is 0 Å². The number of nitrogens with zero attached hydrogens (tertiary/aromatic N) is 2. The molecule has 0 fully saturated rings. The topological polar surface area (TPSA) is 112 Å². The minimum atomic E-state index is -1.10. The fourth-order valence-electron chi connectivity index (χ4n) is 1.85. The van der Waals surface area contributed by atoms with Crippen LogP contribution < -0.4 is 10.2 Å². The molecule has 132 valence electrons. The number of hydrogen-bond donors (Lipinski definition) is 2. The molecule has 9 heteroatoms. The van der Waals surface area contributed by atoms with E-state index in [2.05, 4.69) is 26.5 Å². The molecule has 1 amide bonds. The second-order valence-electron chi connectivity index (χ2n) is 4.88. The van der Waals surface area contributed by atoms with Crippen molar-refractivity contribution in [2.45, 2.75) is 0 Å². The van der Waals surface area contributed by atoms with E-state index in [9.17, 15) is 14.0 Å². The van der Waals surface area contributed by atoms with Crippen LogP contribution in [-0.4, -0.2) is 29.8 Å². The van der Waals surface area contributed by atoms with Crippen LogP contribution in [0.5, 0.6) is 5.75 Å². The third-order valence-electron chi connectivity index (χ3n) is 3.03. The monoisotopic (exact) mass is 419 g/mol. The van der Waals surface area contributed by atoms with Crippen molar-refractivity contribution < 1.29 is 23.8 Å². The zero-order valence-electron chi connectivity index (χ0n) is 13.1. The van der Waals surface area contributed by atoms with Crippen LogP contribution in [0.4, 0.5) is 4.39 Å². The molecule has 0 aromatic heterocycles. The Kier molecular flexibility index (Phi) is 6.41. The number of ether oxygens (including phenoxy) is 1. The molecule has 0 spiro atoms. The van der Waals surface area contributed by atoms with Crippen molar-refractivity contribution in [3.05, 3.63) is 63.4 Å². The summed E-state index contributed by atoms with van der Waals surface area (Å²) in [5, 5.41) is 21.0. The number of aliphatic carboxylic acids is 1. The average molecular weight is 420 g/mol. The van der Waals surface area contributed by atoms with Gasteiger partial charge in [0.15, 0.2) is 6.61 Å². The number of nitrogens with one attached hydrogen (secondary N) is 1. The normalized spacial score (nSPS) is 10.3. The molecular weight excluding hydrogens is 409 g/mol. The number of benzene rings is 2. The first kappa shape index (κ1) is 19.1. The summed E-state index contributed by atoms with van der Waals surface area (Å²) in [6.07, 6.45) is 1.32. The van der Waals surface area contributed by atoms with Crippen LogP contribution in [0.1, 0.15) is 21.5 Å². The Morgan fingerprint density at radius 3 is 2.73 bits per heavy atom. The molecule has 2 rings (SSSR count). The lowest BCUT2D eigenvalue weighted by Gasteiger charge is -2.06. The van der Waals surface area contributed by atoms with Gasteiger partial charge in [0.25, 0.3) is 5.91 Å². The van der Waals surface area contributed by atoms with Gasteiger partial charge < -0.3 is 9.84 Å². The molecule has 7 nitrogen and oxygen atoms in total. The summed E-state index contributed by atoms with van der Waals surface area (Å²) >= 11 is 3.24. The van der Waals surface area contributed by atoms with Crippen LogP contribution in [-0.2, 0) is 4.79 Å². The van der Waals surface area contributed by atoms with Gasteiger partial charge in [-0.1, -0.05) is 0 Å². The predicted octanol–water partition coefficient (Wildman–Crippen LogP) is 2.69. The second-order valence-corrected chi connectivity index (χ2v) is 5.73. The molecule has 0 bridgehead atoms. The van der Waals surface area contributed by atoms with Gasteiger partial charge in [0, 0.05) is 0 Å². The maximum atomic E-state index is 13.7. The smallest absolute Gasteiger partial charge is 0.341 e. The number of amides is 1. The maximum Gasteiger partial charge on any atom is 0.341 e. The van der Waals surface area contributed by atoms with E-state index in [4.69, 9.17) is 15.1 Å². The average Bonchev–Trinajstić information content (AvgIpc) is 2.60. The zero-order valence-corrected chi connectivity index (χ0v) is 14.7. The van der Waals surface area contributed by atoms with Gasteiger partial charge in [0.1, 0.15) is 11.6 Å². The van der Waals surface area contributed by atoms with Gasteiger partial charge in [0.2, 0.25) is 0 Å². The summed E-state index contributed by atoms with van der Waals surface area (Å²) in [6, 6.07) is 10.0. The van der Waals surface area contributed by atoms with E-state index < -0.39 is 24.3 Å². The fourth-order valence-corrected chi connectivity index (χ4v) is 2.36. The van der Waals surface area contributed by atoms with Crippen molar-refractivity contribution >= 4 is 34.0 Å². The van der Waals surface area contributed by atoms with E-state index in [1.807, 2.05) is 0 Å². The lowest BCUT2D eigenvalue weighted by atomic mass is 10.1. The Bertz CT molecular complexity index is 925. The molecule has 0 saturated heterocycles. The minimum Gasteiger partial charge on any atom is -0.481 e. The highest BCUT2D eigenvalue weighted by atomic mass is 79.9. The van der Waals surface area contributed by atoms with Gasteiger partial charge >= 0.3 is 5.97 Å². The lowest BCUT2D eigenvalue weighted by Crippen LogP contribution is -2.19. The van der Waals surface area contributed by atoms with Gasteiger partial charge in [0.05, 0.1) is 27.9 Å². The second kappa shape index (κ2) is 8.73. The summed E-state index contributed by atoms with van der Waals surface area (Å²) in [4.78, 5) is 22.4. The molecule has 0 aliphatic rings. The molecule has 0 atom stereocenters. The Hall–Kier alpha value is -3.25. The zero-order chi connectivity index (χ0) is 19.1. The van der Waals surface area contributed by atoms with Gasteiger partial charge in [-0.05, 0) is 57.9 Å². The van der Waals surface area contributed by atoms with E-state index in [0.29, 0.717) is 15.8 Å². The molecular formula is C17H11BrFN3O4. The fraction of sp³-hybridized carbons (Fsp3) is 0.0588. The molecule has 2 aromatic carbocycles. The number of halogens is 2. The van der Waals surface area contributed by atoms with Crippen LogP contribution >= 0.6 is 15.9 Å². The van der Waals surface area contributed by atoms with Crippen LogP contribution in [0.15, 0.2) is 46.0 Å². The Balaban J connectivity index is 2.02. The number of hydrogen-bond acceptors (Lipinski definition) is 5. The summed E-state index contributed by atoms with van der Waals surface area (Å²) in [6.45, 7) is -0.474. The highest BCUT2D eigenvalue weighted by Crippen LogP contribution is 2.25. The Labute approximate surface area is 155 Å². The summed E-state index contributed by atoms with van der Waals surface area (Å²) in [7, 11) is 0. The summed E-state index contributed by atoms with van der Waals surface area (Å²) in [5.74, 6) is -2.34. The molecule has 0 heterocycles. The van der Waals surface area contributed by atoms with Crippen LogP contribution in [0, 0.1) is 17.1 Å². The van der Waals surface area contributed by atoms with Crippen LogP contribution in [0.25, 0.3) is 0 Å². The first-order chi connectivity index (χ1) is 12.4. The highest BCUT2D eigenvalue weighted by Gasteiger charge is 2.11. The first-order valence-electron chi connectivity index (χ1n) is 7.08. The molecule has 0 aliphatic carbocycles. The number of hydrazone groups is 1. The highest BCUT2D eigenvalue weighted by molar-refractivity contribution is 9.10. The largest absolute Gasteiger partial charge is 0.481 e. The molecule has 0 radical (unpaired) electrons. The molecule has 0 saturated carbocycles. The van der Waals surface area contributed by atoms with E-state index in [-0.39, 0.29) is 11.1 Å². The standard InChI is InChI=1S/C17H11BrFN3O4/c18-13-5-11(2-4-15(13)26-9-16(23)24)8-21-22-17(25)12-3-1-10(7-20)6-14(12)19/h1-6,8H,9H2,(H,22,25)(H,23,24)/b21-8-. The van der Waals surface area contributed by atoms with Gasteiger partial charge in [-0.2, -0.15) is 10.4 Å². The Morgan fingerprint density at radius 2 is 2.12 bits per heavy atom. The van der Waals surface area contributed by atoms with Crippen molar-refractivity contribution in [2.24, 2.45) is 5.10 Å². The van der Waals surface area contributed by atoms with Gasteiger partial charge in [-0.15, -0.1) is 0 Å². The van der Waals surface area contributed by atoms with Gasteiger partial charge in [-0.3, -0.25) is 4.79 Å².